The molecule has 123 heavy (non-hydrogen) atoms. The van der Waals surface area contributed by atoms with Crippen LogP contribution in [-0.4, -0.2) is 39.9 Å². The first kappa shape index (κ1) is 73.4. The first-order chi connectivity index (χ1) is 61.0. The van der Waals surface area contributed by atoms with Crippen LogP contribution in [0.25, 0.3) is 163 Å². The van der Waals surface area contributed by atoms with E-state index in [1.54, 1.807) is 0 Å². The van der Waals surface area contributed by atoms with E-state index in [1.807, 2.05) is 121 Å². The van der Waals surface area contributed by atoms with Gasteiger partial charge in [0.25, 0.3) is 0 Å². The molecule has 3 aliphatic carbocycles. The molecule has 11 heteroatoms. The Labute approximate surface area is 712 Å². The molecule has 0 amide bonds. The fourth-order valence-corrected chi connectivity index (χ4v) is 17.9. The number of hydrogen-bond donors (Lipinski definition) is 0. The molecule has 11 nitrogen and oxygen atoms in total. The number of rotatable bonds is 12. The third kappa shape index (κ3) is 14.0. The van der Waals surface area contributed by atoms with E-state index in [4.69, 9.17) is 54.1 Å². The predicted molar refractivity (Wildman–Crippen MR) is 495 cm³/mol. The van der Waals surface area contributed by atoms with E-state index >= 15 is 0 Å². The summed E-state index contributed by atoms with van der Waals surface area (Å²) in [5, 5.41) is 4.62. The van der Waals surface area contributed by atoms with Crippen LogP contribution in [0.4, 0.5) is 0 Å². The van der Waals surface area contributed by atoms with Crippen LogP contribution < -0.4 is 14.2 Å². The van der Waals surface area contributed by atoms with Crippen LogP contribution in [0.2, 0.25) is 0 Å². The zero-order chi connectivity index (χ0) is 81.5. The Hall–Kier alpha value is -16.0. The number of allylic oxidation sites excluding steroid dienone is 9. The lowest BCUT2D eigenvalue weighted by molar-refractivity contribution is 0.445. The third-order valence-corrected chi connectivity index (χ3v) is 23.8. The molecule has 3 aromatic heterocycles. The predicted octanol–water partition coefficient (Wildman–Crippen LogP) is 28.6. The fourth-order valence-electron chi connectivity index (χ4n) is 17.9. The van der Waals surface area contributed by atoms with Crippen molar-refractivity contribution >= 4 is 27.6 Å². The summed E-state index contributed by atoms with van der Waals surface area (Å²) in [6.07, 6.45) is 26.2. The maximum Gasteiger partial charge on any atom is 0.163 e. The Morgan fingerprint density at radius 1 is 0.252 bits per heavy atom. The highest BCUT2D eigenvalue weighted by molar-refractivity contribution is 6.11. The molecule has 0 fully saturated rings. The Morgan fingerprint density at radius 2 is 0.675 bits per heavy atom. The number of aromatic nitrogens is 8. The van der Waals surface area contributed by atoms with Gasteiger partial charge >= 0.3 is 0 Å². The molecule has 6 aliphatic rings. The van der Waals surface area contributed by atoms with Crippen molar-refractivity contribution in [1.29, 1.82) is 0 Å². The minimum Gasteiger partial charge on any atom is -0.457 e. The number of hydrogen-bond acceptors (Lipinski definition) is 11. The molecule has 0 N–H and O–H groups in total. The van der Waals surface area contributed by atoms with Crippen molar-refractivity contribution in [2.24, 2.45) is 0 Å². The monoisotopic (exact) mass is 1580 g/mol. The van der Waals surface area contributed by atoms with E-state index in [0.717, 1.165) is 171 Å². The molecule has 0 bridgehead atoms. The van der Waals surface area contributed by atoms with Crippen molar-refractivity contribution in [3.63, 3.8) is 0 Å². The van der Waals surface area contributed by atoms with Gasteiger partial charge in [0.05, 0.1) is 5.69 Å². The van der Waals surface area contributed by atoms with Crippen LogP contribution in [0.1, 0.15) is 65.4 Å². The van der Waals surface area contributed by atoms with Crippen LogP contribution in [0.3, 0.4) is 0 Å². The minimum atomic E-state index is 0.121. The molecule has 0 saturated carbocycles. The molecular formula is C112H76N8O3. The normalized spacial score (nSPS) is 14.8. The Bertz CT molecular complexity index is 7330. The Kier molecular flexibility index (Phi) is 19.1. The molecule has 3 unspecified atom stereocenters. The van der Waals surface area contributed by atoms with E-state index in [-0.39, 0.29) is 17.8 Å². The van der Waals surface area contributed by atoms with Crippen molar-refractivity contribution in [2.45, 2.75) is 37.0 Å². The lowest BCUT2D eigenvalue weighted by Crippen LogP contribution is -2.14. The molecule has 0 spiro atoms. The van der Waals surface area contributed by atoms with Crippen LogP contribution in [0, 0.1) is 0 Å². The topological polar surface area (TPSA) is 131 Å². The average molecular weight is 1580 g/mol. The van der Waals surface area contributed by atoms with E-state index < -0.39 is 0 Å². The molecular weight excluding hydrogens is 1510 g/mol. The lowest BCUT2D eigenvalue weighted by atomic mass is 9.77. The maximum atomic E-state index is 6.41. The van der Waals surface area contributed by atoms with Crippen LogP contribution in [-0.2, 0) is 0 Å². The highest BCUT2D eigenvalue weighted by atomic mass is 16.5. The summed E-state index contributed by atoms with van der Waals surface area (Å²) >= 11 is 0. The minimum absolute atomic E-state index is 0.121. The van der Waals surface area contributed by atoms with Crippen molar-refractivity contribution in [3.8, 4) is 169 Å². The van der Waals surface area contributed by atoms with Gasteiger partial charge in [0.15, 0.2) is 29.1 Å². The van der Waals surface area contributed by atoms with E-state index in [9.17, 15) is 0 Å². The van der Waals surface area contributed by atoms with Crippen LogP contribution in [0.5, 0.6) is 34.5 Å². The molecule has 0 saturated heterocycles. The second-order valence-corrected chi connectivity index (χ2v) is 31.3. The summed E-state index contributed by atoms with van der Waals surface area (Å²) < 4.78 is 19.0. The molecule has 24 rings (SSSR count). The third-order valence-electron chi connectivity index (χ3n) is 23.8. The average Bonchev–Trinajstić information content (AvgIpc) is 0.744. The van der Waals surface area contributed by atoms with Crippen molar-refractivity contribution in [3.05, 3.63) is 429 Å². The van der Waals surface area contributed by atoms with Gasteiger partial charge in [0, 0.05) is 95.9 Å². The summed E-state index contributed by atoms with van der Waals surface area (Å²) in [6, 6.07) is 117. The highest BCUT2D eigenvalue weighted by Crippen LogP contribution is 2.55. The zero-order valence-electron chi connectivity index (χ0n) is 66.8. The highest BCUT2D eigenvalue weighted by Gasteiger charge is 2.33. The Morgan fingerprint density at radius 3 is 1.24 bits per heavy atom. The number of benzene rings is 15. The first-order valence-corrected chi connectivity index (χ1v) is 41.8. The summed E-state index contributed by atoms with van der Waals surface area (Å²) in [4.78, 5) is 39.6. The number of nitrogens with zero attached hydrogens (tertiary/aromatic N) is 8. The van der Waals surface area contributed by atoms with Gasteiger partial charge < -0.3 is 14.2 Å². The molecule has 582 valence electrons. The quantitative estimate of drug-likeness (QED) is 0.116. The van der Waals surface area contributed by atoms with Crippen molar-refractivity contribution in [2.75, 3.05) is 0 Å². The number of para-hydroxylation sites is 3. The van der Waals surface area contributed by atoms with E-state index in [0.29, 0.717) is 23.3 Å². The van der Waals surface area contributed by atoms with Gasteiger partial charge in [0.2, 0.25) is 0 Å². The molecule has 18 aromatic rings. The second kappa shape index (κ2) is 32.0. The molecule has 0 radical (unpaired) electrons. The summed E-state index contributed by atoms with van der Waals surface area (Å²) in [5.74, 6) is 11.1. The second-order valence-electron chi connectivity index (χ2n) is 31.3. The fraction of sp³-hybridized carbons (Fsp3) is 0.0536. The van der Waals surface area contributed by atoms with Gasteiger partial charge in [-0.2, -0.15) is 0 Å². The van der Waals surface area contributed by atoms with E-state index in [2.05, 4.69) is 285 Å². The van der Waals surface area contributed by atoms with E-state index in [1.165, 1.54) is 44.3 Å². The number of ether oxygens (including phenoxy) is 3. The summed E-state index contributed by atoms with van der Waals surface area (Å²) in [5.41, 5.74) is 24.3. The van der Waals surface area contributed by atoms with Crippen LogP contribution >= 0.6 is 0 Å². The first-order valence-electron chi connectivity index (χ1n) is 41.8. The molecule has 3 atom stereocenters. The summed E-state index contributed by atoms with van der Waals surface area (Å²) in [7, 11) is 0. The van der Waals surface area contributed by atoms with Crippen molar-refractivity contribution < 1.29 is 14.2 Å². The molecule has 3 aliphatic heterocycles. The molecule has 6 heterocycles. The SMILES string of the molecule is C1=CCC(c2nc(-c3ccccc3)nc(-c3ccc(-c4ccc5c6c(cccc46)-c4ccccc4O5)cc3)n2)C=C1.C1=CCC(c2nc(-c3ccccc3)nc(-c3cccc(-c4ccc5c6c(cccc46)-c4ccccc4O5)c3)n2)C=C1.C1=Cc2c(-c3ccccc3-c3cnc(-c4ccccc4)nc3-c3ccccc3)ccc3c2C(C1)c1ccccc1O3. The van der Waals surface area contributed by atoms with Gasteiger partial charge in [-0.25, -0.2) is 39.9 Å². The molecule has 15 aromatic carbocycles. The maximum absolute atomic E-state index is 6.41. The zero-order valence-corrected chi connectivity index (χ0v) is 66.8. The van der Waals surface area contributed by atoms with Crippen molar-refractivity contribution in [1.82, 2.24) is 39.9 Å². The standard InChI is InChI=1S/C38H26N2O.2C37H25N3O/c1-3-12-25(13-4-1)37-33(24-39-38(40-37)26-14-5-2-6-15-26)28-17-8-7-16-27(28)29-22-23-35-36-31(29)19-11-20-32(36)30-18-9-10-21-34(30)41-35;1-3-11-24(12-4-1)35-38-36(25-13-5-2-6-14-25)40-37(39-35)27-16-9-15-26(23-27)28-21-22-33-34-30(28)18-10-19-31(34)29-17-7-8-20-32(29)41-33;1-3-10-25(11-4-1)35-38-36(26-12-5-2-6-13-26)40-37(39-35)27-20-18-24(19-21-27)28-22-23-33-34-30(28)15-9-16-31(34)29-14-7-8-17-32(29)41-33/h1-19,21-24,32H,20H2;1-13,15-23,25H,14H2;1-12,14-23,26H,13H2. The van der Waals surface area contributed by atoms with Crippen LogP contribution in [0.15, 0.2) is 401 Å². The Balaban J connectivity index is 0.000000110. The van der Waals surface area contributed by atoms with Gasteiger partial charge in [-0.3, -0.25) is 0 Å². The van der Waals surface area contributed by atoms with Gasteiger partial charge in [-0.05, 0) is 128 Å². The largest absolute Gasteiger partial charge is 0.457 e. The summed E-state index contributed by atoms with van der Waals surface area (Å²) in [6.45, 7) is 0. The van der Waals surface area contributed by atoms with Gasteiger partial charge in [-0.1, -0.05) is 358 Å². The smallest absolute Gasteiger partial charge is 0.163 e. The van der Waals surface area contributed by atoms with Gasteiger partial charge in [0.1, 0.15) is 46.1 Å². The lowest BCUT2D eigenvalue weighted by Gasteiger charge is -2.32. The number of fused-ring (bicyclic) bond motifs is 6. The van der Waals surface area contributed by atoms with Gasteiger partial charge in [-0.15, -0.1) is 0 Å².